The van der Waals surface area contributed by atoms with Gasteiger partial charge in [0.1, 0.15) is 0 Å². The van der Waals surface area contributed by atoms with Crippen molar-refractivity contribution >= 4 is 15.6 Å². The summed E-state index contributed by atoms with van der Waals surface area (Å²) in [5, 5.41) is 5.32. The third-order valence-corrected chi connectivity index (χ3v) is 2.49. The fourth-order valence-electron chi connectivity index (χ4n) is 0.769. The van der Waals surface area contributed by atoms with Crippen LogP contribution in [0.4, 0.5) is 0 Å². The Balaban J connectivity index is 3.20. The Morgan fingerprint density at radius 1 is 1.36 bits per heavy atom. The van der Waals surface area contributed by atoms with Crippen LogP contribution in [0.5, 0.6) is 0 Å². The lowest BCUT2D eigenvalue weighted by atomic mass is 10.2. The highest BCUT2D eigenvalue weighted by atomic mass is 32.2. The third kappa shape index (κ3) is 2.06. The molecule has 0 saturated heterocycles. The molecule has 1 aromatic carbocycles. The van der Waals surface area contributed by atoms with Gasteiger partial charge in [-0.05, 0) is 24.9 Å². The molecule has 1 rings (SSSR count). The zero-order valence-electron chi connectivity index (χ0n) is 6.41. The first-order chi connectivity index (χ1) is 5.00. The Morgan fingerprint density at radius 2 is 1.82 bits per heavy atom. The van der Waals surface area contributed by atoms with Gasteiger partial charge < -0.3 is 0 Å². The summed E-state index contributed by atoms with van der Waals surface area (Å²) in [6, 6.07) is 7.22. The quantitative estimate of drug-likeness (QED) is 0.625. The molecule has 11 heavy (non-hydrogen) atoms. The summed E-state index contributed by atoms with van der Waals surface area (Å²) in [5.74, 6) is 3.38. The van der Waals surface area contributed by atoms with Crippen molar-refractivity contribution in [1.82, 2.24) is 0 Å². The van der Waals surface area contributed by atoms with Crippen LogP contribution in [-0.4, -0.2) is 10.1 Å². The molecule has 0 aliphatic rings. The standard InChI is InChI=1S/C8H11NOS/c1-7-3-5-8(6-4-7)11(2,9)10/h3-6H,2H2,1H3,(H2,9,10). The molecule has 0 spiro atoms. The Kier molecular flexibility index (Phi) is 2.02. The Labute approximate surface area is 67.2 Å². The van der Waals surface area contributed by atoms with Gasteiger partial charge in [-0.1, -0.05) is 17.7 Å². The van der Waals surface area contributed by atoms with Gasteiger partial charge in [0.05, 0.1) is 9.71 Å². The van der Waals surface area contributed by atoms with Gasteiger partial charge in [0, 0.05) is 4.90 Å². The monoisotopic (exact) mass is 169 g/mol. The van der Waals surface area contributed by atoms with E-state index in [4.69, 9.17) is 5.14 Å². The van der Waals surface area contributed by atoms with E-state index in [0.29, 0.717) is 4.90 Å². The predicted octanol–water partition coefficient (Wildman–Crippen LogP) is 0.944. The molecule has 0 aliphatic heterocycles. The number of aryl methyl sites for hydroxylation is 1. The van der Waals surface area contributed by atoms with Crippen LogP contribution in [0, 0.1) is 6.92 Å². The van der Waals surface area contributed by atoms with Crippen molar-refractivity contribution < 1.29 is 4.21 Å². The summed E-state index contributed by atoms with van der Waals surface area (Å²) >= 11 is 0. The molecule has 1 atom stereocenters. The molecular formula is C8H11NOS. The van der Waals surface area contributed by atoms with Crippen LogP contribution in [0.25, 0.3) is 0 Å². The van der Waals surface area contributed by atoms with E-state index in [9.17, 15) is 4.21 Å². The lowest BCUT2D eigenvalue weighted by Crippen LogP contribution is -2.11. The molecule has 3 heteroatoms. The molecule has 2 nitrogen and oxygen atoms in total. The van der Waals surface area contributed by atoms with Crippen molar-refractivity contribution in [2.24, 2.45) is 5.14 Å². The molecule has 0 heterocycles. The zero-order valence-corrected chi connectivity index (χ0v) is 7.23. The average Bonchev–Trinajstić information content (AvgIpc) is 1.86. The summed E-state index contributed by atoms with van der Waals surface area (Å²) in [7, 11) is -2.52. The molecule has 1 unspecified atom stereocenters. The largest absolute Gasteiger partial charge is 0.256 e. The van der Waals surface area contributed by atoms with Gasteiger partial charge in [-0.2, -0.15) is 0 Å². The third-order valence-electron chi connectivity index (χ3n) is 1.42. The highest BCUT2D eigenvalue weighted by molar-refractivity contribution is 7.98. The van der Waals surface area contributed by atoms with Crippen LogP contribution in [0.2, 0.25) is 0 Å². The molecule has 0 bridgehead atoms. The predicted molar refractivity (Wildman–Crippen MR) is 48.9 cm³/mol. The van der Waals surface area contributed by atoms with Crippen LogP contribution in [0.3, 0.4) is 0 Å². The van der Waals surface area contributed by atoms with Gasteiger partial charge in [0.2, 0.25) is 0 Å². The maximum absolute atomic E-state index is 11.2. The summed E-state index contributed by atoms with van der Waals surface area (Å²) in [6.45, 7) is 1.96. The summed E-state index contributed by atoms with van der Waals surface area (Å²) in [5.41, 5.74) is 1.12. The second-order valence-electron chi connectivity index (χ2n) is 2.54. The Morgan fingerprint density at radius 3 is 2.18 bits per heavy atom. The molecule has 0 amide bonds. The summed E-state index contributed by atoms with van der Waals surface area (Å²) in [6.07, 6.45) is 0. The second-order valence-corrected chi connectivity index (χ2v) is 4.46. The average molecular weight is 169 g/mol. The minimum absolute atomic E-state index is 0.600. The number of rotatable bonds is 1. The van der Waals surface area contributed by atoms with Crippen molar-refractivity contribution in [3.8, 4) is 0 Å². The number of hydrogen-bond acceptors (Lipinski definition) is 1. The molecule has 0 aromatic heterocycles. The van der Waals surface area contributed by atoms with Crippen molar-refractivity contribution in [1.29, 1.82) is 0 Å². The highest BCUT2D eigenvalue weighted by Crippen LogP contribution is 2.06. The Bertz CT molecular complexity index is 337. The maximum Gasteiger partial charge on any atom is 0.0507 e. The molecule has 0 radical (unpaired) electrons. The van der Waals surface area contributed by atoms with Crippen molar-refractivity contribution in [2.75, 3.05) is 0 Å². The number of nitrogens with two attached hydrogens (primary N) is 1. The van der Waals surface area contributed by atoms with E-state index in [0.717, 1.165) is 5.56 Å². The minimum Gasteiger partial charge on any atom is -0.256 e. The normalized spacial score (nSPS) is 15.8. The fraction of sp³-hybridized carbons (Fsp3) is 0.125. The van der Waals surface area contributed by atoms with Gasteiger partial charge in [0.25, 0.3) is 0 Å². The zero-order chi connectivity index (χ0) is 8.48. The molecule has 0 aliphatic carbocycles. The van der Waals surface area contributed by atoms with E-state index >= 15 is 0 Å². The molecule has 2 N–H and O–H groups in total. The molecule has 0 fully saturated rings. The molecular weight excluding hydrogens is 158 g/mol. The SMILES string of the molecule is C=S(N)(=O)c1ccc(C)cc1. The lowest BCUT2D eigenvalue weighted by molar-refractivity contribution is 0.682. The first-order valence-electron chi connectivity index (χ1n) is 3.22. The number of hydrogen-bond donors (Lipinski definition) is 1. The van der Waals surface area contributed by atoms with Crippen molar-refractivity contribution in [3.63, 3.8) is 0 Å². The first kappa shape index (κ1) is 8.30. The van der Waals surface area contributed by atoms with Crippen LogP contribution >= 0.6 is 0 Å². The summed E-state index contributed by atoms with van der Waals surface area (Å²) < 4.78 is 11.2. The Hall–Kier alpha value is -0.800. The van der Waals surface area contributed by atoms with E-state index in [1.54, 1.807) is 12.1 Å². The van der Waals surface area contributed by atoms with Gasteiger partial charge in [-0.25, -0.2) is 4.21 Å². The molecule has 60 valence electrons. The summed E-state index contributed by atoms with van der Waals surface area (Å²) in [4.78, 5) is 0.600. The highest BCUT2D eigenvalue weighted by Gasteiger charge is 1.98. The van der Waals surface area contributed by atoms with Gasteiger partial charge in [-0.15, -0.1) is 0 Å². The minimum atomic E-state index is -2.52. The lowest BCUT2D eigenvalue weighted by Gasteiger charge is -2.01. The van der Waals surface area contributed by atoms with E-state index in [-0.39, 0.29) is 0 Å². The molecule has 0 saturated carbocycles. The second kappa shape index (κ2) is 2.68. The topological polar surface area (TPSA) is 43.1 Å². The molecule has 1 aromatic rings. The van der Waals surface area contributed by atoms with Crippen molar-refractivity contribution in [2.45, 2.75) is 11.8 Å². The van der Waals surface area contributed by atoms with Gasteiger partial charge >= 0.3 is 0 Å². The first-order valence-corrected chi connectivity index (χ1v) is 5.01. The maximum atomic E-state index is 11.2. The smallest absolute Gasteiger partial charge is 0.0507 e. The fourth-order valence-corrected chi connectivity index (χ4v) is 1.37. The van der Waals surface area contributed by atoms with E-state index < -0.39 is 9.71 Å². The van der Waals surface area contributed by atoms with E-state index in [2.05, 4.69) is 5.87 Å². The van der Waals surface area contributed by atoms with E-state index in [1.807, 2.05) is 19.1 Å². The van der Waals surface area contributed by atoms with Crippen LogP contribution in [-0.2, 0) is 9.71 Å². The van der Waals surface area contributed by atoms with E-state index in [1.165, 1.54) is 0 Å². The number of benzene rings is 1. The van der Waals surface area contributed by atoms with Gasteiger partial charge in [0.15, 0.2) is 0 Å². The van der Waals surface area contributed by atoms with Crippen LogP contribution in [0.1, 0.15) is 5.56 Å². The van der Waals surface area contributed by atoms with Gasteiger partial charge in [-0.3, -0.25) is 5.14 Å². The van der Waals surface area contributed by atoms with Crippen LogP contribution in [0.15, 0.2) is 29.2 Å². The van der Waals surface area contributed by atoms with Crippen LogP contribution < -0.4 is 5.14 Å². The van der Waals surface area contributed by atoms with Crippen molar-refractivity contribution in [3.05, 3.63) is 29.8 Å².